The molecule has 0 unspecified atom stereocenters. The van der Waals surface area contributed by atoms with Crippen LogP contribution in [0.2, 0.25) is 5.02 Å². The minimum Gasteiger partial charge on any atom is -0.378 e. The monoisotopic (exact) mass is 338 g/mol. The molecule has 2 N–H and O–H groups in total. The van der Waals surface area contributed by atoms with Gasteiger partial charge in [-0.1, -0.05) is 11.6 Å². The third-order valence-electron chi connectivity index (χ3n) is 3.91. The first kappa shape index (κ1) is 15.9. The van der Waals surface area contributed by atoms with Gasteiger partial charge in [-0.25, -0.2) is 4.79 Å². The Morgan fingerprint density at radius 3 is 2.78 bits per heavy atom. The molecule has 1 aromatic rings. The molecule has 2 saturated heterocycles. The zero-order chi connectivity index (χ0) is 16.2. The second kappa shape index (κ2) is 7.06. The summed E-state index contributed by atoms with van der Waals surface area (Å²) in [6.45, 7) is 3.78. The highest BCUT2D eigenvalue weighted by molar-refractivity contribution is 6.33. The zero-order valence-electron chi connectivity index (χ0n) is 12.7. The molecule has 0 spiro atoms. The summed E-state index contributed by atoms with van der Waals surface area (Å²) < 4.78 is 5.24. The Kier molecular flexibility index (Phi) is 4.88. The minimum absolute atomic E-state index is 0.00804. The number of anilines is 2. The molecule has 0 atom stereocenters. The van der Waals surface area contributed by atoms with Crippen LogP contribution >= 0.6 is 11.6 Å². The summed E-state index contributed by atoms with van der Waals surface area (Å²) >= 11 is 6.18. The maximum Gasteiger partial charge on any atom is 0.321 e. The molecule has 2 fully saturated rings. The van der Waals surface area contributed by atoms with Gasteiger partial charge >= 0.3 is 6.03 Å². The van der Waals surface area contributed by atoms with Crippen LogP contribution in [0, 0.1) is 0 Å². The fraction of sp³-hybridized carbons (Fsp3) is 0.467. The normalized spacial score (nSPS) is 18.0. The van der Waals surface area contributed by atoms with Crippen LogP contribution in [-0.4, -0.2) is 62.8 Å². The third-order valence-corrected chi connectivity index (χ3v) is 4.24. The van der Waals surface area contributed by atoms with Gasteiger partial charge in [0.2, 0.25) is 5.91 Å². The Hall–Kier alpha value is -1.99. The highest BCUT2D eigenvalue weighted by Crippen LogP contribution is 2.28. The second-order valence-electron chi connectivity index (χ2n) is 5.39. The van der Waals surface area contributed by atoms with Crippen molar-refractivity contribution in [1.82, 2.24) is 10.2 Å². The largest absolute Gasteiger partial charge is 0.378 e. The van der Waals surface area contributed by atoms with Crippen LogP contribution in [0.15, 0.2) is 18.2 Å². The lowest BCUT2D eigenvalue weighted by molar-refractivity contribution is -0.133. The second-order valence-corrected chi connectivity index (χ2v) is 5.80. The molecule has 7 nitrogen and oxygen atoms in total. The van der Waals surface area contributed by atoms with Crippen LogP contribution in [0.1, 0.15) is 0 Å². The predicted molar refractivity (Wildman–Crippen MR) is 88.1 cm³/mol. The smallest absolute Gasteiger partial charge is 0.321 e. The number of morpholine rings is 1. The zero-order valence-corrected chi connectivity index (χ0v) is 13.4. The first-order valence-electron chi connectivity index (χ1n) is 7.59. The van der Waals surface area contributed by atoms with Crippen molar-refractivity contribution in [3.05, 3.63) is 23.2 Å². The molecule has 2 aliphatic heterocycles. The third kappa shape index (κ3) is 3.68. The van der Waals surface area contributed by atoms with Crippen LogP contribution < -0.4 is 15.5 Å². The first-order valence-corrected chi connectivity index (χ1v) is 7.97. The van der Waals surface area contributed by atoms with E-state index in [0.717, 1.165) is 5.69 Å². The van der Waals surface area contributed by atoms with Gasteiger partial charge in [0.15, 0.2) is 0 Å². The van der Waals surface area contributed by atoms with E-state index in [1.165, 1.54) is 0 Å². The fourth-order valence-electron chi connectivity index (χ4n) is 2.63. The standard InChI is InChI=1S/C15H19ClN4O3/c16-12-2-1-11(20-4-3-17-15(20)22)9-13(12)18-10-14(21)19-5-7-23-8-6-19/h1-2,9,18H,3-8,10H2,(H,17,22). The number of carbonyl (C=O) groups is 2. The van der Waals surface area contributed by atoms with Gasteiger partial charge in [-0.2, -0.15) is 0 Å². The Morgan fingerprint density at radius 1 is 1.30 bits per heavy atom. The van der Waals surface area contributed by atoms with E-state index in [4.69, 9.17) is 16.3 Å². The summed E-state index contributed by atoms with van der Waals surface area (Å²) in [6.07, 6.45) is 0. The van der Waals surface area contributed by atoms with Gasteiger partial charge in [0.1, 0.15) is 0 Å². The van der Waals surface area contributed by atoms with Crippen molar-refractivity contribution in [2.75, 3.05) is 56.2 Å². The molecule has 0 aromatic heterocycles. The molecule has 0 saturated carbocycles. The van der Waals surface area contributed by atoms with E-state index in [9.17, 15) is 9.59 Å². The van der Waals surface area contributed by atoms with E-state index >= 15 is 0 Å². The number of hydrogen-bond acceptors (Lipinski definition) is 4. The average Bonchev–Trinajstić information content (AvgIpc) is 3.01. The number of halogens is 1. The molecule has 0 aliphatic carbocycles. The van der Waals surface area contributed by atoms with Crippen molar-refractivity contribution in [2.45, 2.75) is 0 Å². The maximum absolute atomic E-state index is 12.2. The number of hydrogen-bond donors (Lipinski definition) is 2. The minimum atomic E-state index is -0.123. The van der Waals surface area contributed by atoms with Crippen LogP contribution in [0.25, 0.3) is 0 Å². The topological polar surface area (TPSA) is 73.9 Å². The number of nitrogens with zero attached hydrogens (tertiary/aromatic N) is 2. The fourth-order valence-corrected chi connectivity index (χ4v) is 2.81. The number of urea groups is 1. The maximum atomic E-state index is 12.2. The molecule has 124 valence electrons. The van der Waals surface area contributed by atoms with Gasteiger partial charge in [-0.3, -0.25) is 9.69 Å². The van der Waals surface area contributed by atoms with Crippen molar-refractivity contribution < 1.29 is 14.3 Å². The van der Waals surface area contributed by atoms with E-state index in [0.29, 0.717) is 50.1 Å². The molecule has 0 bridgehead atoms. The van der Waals surface area contributed by atoms with Crippen molar-refractivity contribution in [3.8, 4) is 0 Å². The number of nitrogens with one attached hydrogen (secondary N) is 2. The number of benzene rings is 1. The van der Waals surface area contributed by atoms with E-state index in [2.05, 4.69) is 10.6 Å². The van der Waals surface area contributed by atoms with E-state index in [-0.39, 0.29) is 18.5 Å². The van der Waals surface area contributed by atoms with E-state index < -0.39 is 0 Å². The van der Waals surface area contributed by atoms with Crippen LogP contribution in [0.4, 0.5) is 16.2 Å². The van der Waals surface area contributed by atoms with E-state index in [1.807, 2.05) is 0 Å². The Labute approximate surface area is 139 Å². The van der Waals surface area contributed by atoms with Crippen molar-refractivity contribution >= 4 is 34.9 Å². The van der Waals surface area contributed by atoms with Gasteiger partial charge in [-0.05, 0) is 18.2 Å². The lowest BCUT2D eigenvalue weighted by atomic mass is 10.2. The Balaban J connectivity index is 1.64. The van der Waals surface area contributed by atoms with Crippen molar-refractivity contribution in [2.24, 2.45) is 0 Å². The summed E-state index contributed by atoms with van der Waals surface area (Å²) in [5, 5.41) is 6.34. The van der Waals surface area contributed by atoms with Gasteiger partial charge in [0.25, 0.3) is 0 Å². The van der Waals surface area contributed by atoms with Gasteiger partial charge in [-0.15, -0.1) is 0 Å². The Bertz CT molecular complexity index is 604. The Morgan fingerprint density at radius 2 is 2.09 bits per heavy atom. The summed E-state index contributed by atoms with van der Waals surface area (Å²) in [5.74, 6) is 0.00804. The lowest BCUT2D eigenvalue weighted by Gasteiger charge is -2.27. The number of ether oxygens (including phenoxy) is 1. The molecular weight excluding hydrogens is 320 g/mol. The number of rotatable bonds is 4. The van der Waals surface area contributed by atoms with E-state index in [1.54, 1.807) is 28.0 Å². The number of amides is 3. The summed E-state index contributed by atoms with van der Waals surface area (Å²) in [4.78, 5) is 27.3. The lowest BCUT2D eigenvalue weighted by Crippen LogP contribution is -2.43. The van der Waals surface area contributed by atoms with Gasteiger partial charge < -0.3 is 20.3 Å². The quantitative estimate of drug-likeness (QED) is 0.863. The molecule has 3 rings (SSSR count). The molecule has 2 heterocycles. The number of carbonyl (C=O) groups excluding carboxylic acids is 2. The van der Waals surface area contributed by atoms with Gasteiger partial charge in [0.05, 0.1) is 30.5 Å². The van der Waals surface area contributed by atoms with Crippen molar-refractivity contribution in [1.29, 1.82) is 0 Å². The first-order chi connectivity index (χ1) is 11.1. The highest BCUT2D eigenvalue weighted by atomic mass is 35.5. The highest BCUT2D eigenvalue weighted by Gasteiger charge is 2.22. The molecule has 23 heavy (non-hydrogen) atoms. The molecule has 2 aliphatic rings. The summed E-state index contributed by atoms with van der Waals surface area (Å²) in [7, 11) is 0. The molecule has 3 amide bonds. The van der Waals surface area contributed by atoms with Crippen LogP contribution in [0.3, 0.4) is 0 Å². The average molecular weight is 339 g/mol. The SMILES string of the molecule is O=C(CNc1cc(N2CCNC2=O)ccc1Cl)N1CCOCC1. The molecule has 1 aromatic carbocycles. The summed E-state index contributed by atoms with van der Waals surface area (Å²) in [5.41, 5.74) is 1.40. The molecule has 8 heteroatoms. The van der Waals surface area contributed by atoms with Crippen LogP contribution in [-0.2, 0) is 9.53 Å². The van der Waals surface area contributed by atoms with Crippen molar-refractivity contribution in [3.63, 3.8) is 0 Å². The predicted octanol–water partition coefficient (Wildman–Crippen LogP) is 1.14. The molecular formula is C15H19ClN4O3. The van der Waals surface area contributed by atoms with Crippen LogP contribution in [0.5, 0.6) is 0 Å². The van der Waals surface area contributed by atoms with Gasteiger partial charge in [0, 0.05) is 31.9 Å². The molecule has 0 radical (unpaired) electrons. The summed E-state index contributed by atoms with van der Waals surface area (Å²) in [6, 6.07) is 5.19.